The third-order valence-electron chi connectivity index (χ3n) is 4.33. The molecule has 0 aliphatic heterocycles. The Bertz CT molecular complexity index is 1540. The van der Waals surface area contributed by atoms with E-state index in [0.717, 1.165) is 0 Å². The normalized spacial score (nSPS) is 12.3. The summed E-state index contributed by atoms with van der Waals surface area (Å²) >= 11 is 6.58. The molecule has 0 spiro atoms. The zero-order valence-corrected chi connectivity index (χ0v) is 19.0. The Morgan fingerprint density at radius 1 is 1.18 bits per heavy atom. The molecular weight excluding hydrogens is 484 g/mol. The molecule has 2 aromatic carbocycles. The van der Waals surface area contributed by atoms with Gasteiger partial charge in [0, 0.05) is 11.6 Å². The number of thiazole rings is 1. The molecule has 2 aromatic heterocycles. The van der Waals surface area contributed by atoms with Crippen LogP contribution in [0.5, 0.6) is 0 Å². The number of fused-ring (bicyclic) bond motifs is 1. The molecule has 0 amide bonds. The highest BCUT2D eigenvalue weighted by molar-refractivity contribution is 7.93. The summed E-state index contributed by atoms with van der Waals surface area (Å²) in [5.74, 6) is 0. The SMILES string of the molecule is O=C/C(=C/O)c1nc2ccccc2n(N=Nc2ccc(S(=O)(=O)Nc3nccs3)cc2)c1=S. The summed E-state index contributed by atoms with van der Waals surface area (Å²) in [7, 11) is -3.79. The average molecular weight is 499 g/mol. The van der Waals surface area contributed by atoms with Gasteiger partial charge in [-0.2, -0.15) is 4.68 Å². The Labute approximate surface area is 196 Å². The Hall–Kier alpha value is -3.81. The first-order chi connectivity index (χ1) is 15.9. The molecule has 10 nitrogen and oxygen atoms in total. The number of hydrogen-bond donors (Lipinski definition) is 2. The number of aliphatic hydroxyl groups is 1. The second-order valence-corrected chi connectivity index (χ2v) is 9.36. The molecule has 0 aliphatic rings. The highest BCUT2D eigenvalue weighted by Crippen LogP contribution is 2.23. The van der Waals surface area contributed by atoms with E-state index in [1.54, 1.807) is 29.6 Å². The maximum Gasteiger partial charge on any atom is 0.263 e. The van der Waals surface area contributed by atoms with E-state index in [-0.39, 0.29) is 25.9 Å². The number of sulfonamides is 1. The lowest BCUT2D eigenvalue weighted by Gasteiger charge is -2.08. The van der Waals surface area contributed by atoms with Gasteiger partial charge in [0.25, 0.3) is 10.0 Å². The van der Waals surface area contributed by atoms with Crippen LogP contribution < -0.4 is 4.72 Å². The number of benzene rings is 2. The second-order valence-electron chi connectivity index (χ2n) is 6.39. The zero-order chi connectivity index (χ0) is 23.4. The van der Waals surface area contributed by atoms with Gasteiger partial charge in [-0.25, -0.2) is 18.4 Å². The molecule has 0 saturated heterocycles. The van der Waals surface area contributed by atoms with Crippen LogP contribution in [0, 0.1) is 4.64 Å². The number of nitrogens with zero attached hydrogens (tertiary/aromatic N) is 5. The molecule has 0 radical (unpaired) electrons. The lowest BCUT2D eigenvalue weighted by Crippen LogP contribution is -2.12. The molecule has 0 fully saturated rings. The number of anilines is 1. The van der Waals surface area contributed by atoms with Gasteiger partial charge in [-0.15, -0.1) is 16.5 Å². The molecule has 0 aliphatic carbocycles. The van der Waals surface area contributed by atoms with Crippen LogP contribution in [0.15, 0.2) is 81.6 Å². The van der Waals surface area contributed by atoms with Crippen LogP contribution in [0.1, 0.15) is 5.69 Å². The molecule has 0 unspecified atom stereocenters. The lowest BCUT2D eigenvalue weighted by molar-refractivity contribution is -0.103. The predicted octanol–water partition coefficient (Wildman–Crippen LogP) is 4.67. The van der Waals surface area contributed by atoms with Gasteiger partial charge in [0.2, 0.25) is 0 Å². The number of allylic oxidation sites excluding steroid dienone is 1. The molecule has 0 bridgehead atoms. The average Bonchev–Trinajstić information content (AvgIpc) is 3.32. The summed E-state index contributed by atoms with van der Waals surface area (Å²) in [5.41, 5.74) is 1.36. The van der Waals surface area contributed by atoms with Gasteiger partial charge in [0.1, 0.15) is 5.69 Å². The minimum absolute atomic E-state index is 0.0358. The minimum atomic E-state index is -3.79. The summed E-state index contributed by atoms with van der Waals surface area (Å²) in [5, 5.41) is 19.6. The Morgan fingerprint density at radius 3 is 2.61 bits per heavy atom. The van der Waals surface area contributed by atoms with Crippen LogP contribution in [-0.4, -0.2) is 34.5 Å². The number of para-hydroxylation sites is 2. The standard InChI is InChI=1S/C20H14N6O4S3/c27-11-13(12-28)18-19(31)26(17-4-2-1-3-16(17)22-18)25-23-14-5-7-15(8-6-14)33(29,30)24-20-21-9-10-32-20/h1-12,27H,(H,21,24)/b13-11-,25-23?. The number of carbonyl (C=O) groups is 1. The third-order valence-corrected chi connectivity index (χ3v) is 6.87. The van der Waals surface area contributed by atoms with Gasteiger partial charge in [0.15, 0.2) is 16.1 Å². The first kappa shape index (κ1) is 22.4. The largest absolute Gasteiger partial charge is 0.515 e. The van der Waals surface area contributed by atoms with Crippen molar-refractivity contribution in [3.8, 4) is 0 Å². The highest BCUT2D eigenvalue weighted by Gasteiger charge is 2.15. The summed E-state index contributed by atoms with van der Waals surface area (Å²) in [6.45, 7) is 0. The van der Waals surface area contributed by atoms with Crippen molar-refractivity contribution in [2.75, 3.05) is 4.72 Å². The first-order valence-corrected chi connectivity index (χ1v) is 12.0. The fourth-order valence-electron chi connectivity index (χ4n) is 2.78. The maximum atomic E-state index is 12.5. The quantitative estimate of drug-likeness (QED) is 0.124. The van der Waals surface area contributed by atoms with Crippen molar-refractivity contribution >= 4 is 67.3 Å². The summed E-state index contributed by atoms with van der Waals surface area (Å²) in [6, 6.07) is 12.7. The van der Waals surface area contributed by atoms with Crippen LogP contribution in [-0.2, 0) is 14.8 Å². The van der Waals surface area contributed by atoms with Crippen LogP contribution >= 0.6 is 23.6 Å². The van der Waals surface area contributed by atoms with Gasteiger partial charge in [0.05, 0.1) is 33.5 Å². The van der Waals surface area contributed by atoms with E-state index < -0.39 is 10.0 Å². The van der Waals surface area contributed by atoms with Gasteiger partial charge in [-0.1, -0.05) is 29.6 Å². The van der Waals surface area contributed by atoms with Gasteiger partial charge in [-0.3, -0.25) is 9.52 Å². The van der Waals surface area contributed by atoms with Crippen molar-refractivity contribution in [3.05, 3.63) is 76.7 Å². The first-order valence-electron chi connectivity index (χ1n) is 9.19. The molecule has 0 saturated carbocycles. The molecule has 13 heteroatoms. The zero-order valence-electron chi connectivity index (χ0n) is 16.6. The van der Waals surface area contributed by atoms with Crippen molar-refractivity contribution in [3.63, 3.8) is 0 Å². The van der Waals surface area contributed by atoms with E-state index in [2.05, 4.69) is 25.0 Å². The Balaban J connectivity index is 1.69. The van der Waals surface area contributed by atoms with Crippen molar-refractivity contribution < 1.29 is 18.3 Å². The fraction of sp³-hybridized carbons (Fsp3) is 0. The Kier molecular flexibility index (Phi) is 6.35. The minimum Gasteiger partial charge on any atom is -0.515 e. The van der Waals surface area contributed by atoms with Crippen molar-refractivity contribution in [1.82, 2.24) is 14.6 Å². The molecule has 4 rings (SSSR count). The Morgan fingerprint density at radius 2 is 1.94 bits per heavy atom. The smallest absolute Gasteiger partial charge is 0.263 e. The fourth-order valence-corrected chi connectivity index (χ4v) is 4.86. The number of carbonyl (C=O) groups excluding carboxylic acids is 1. The van der Waals surface area contributed by atoms with Gasteiger partial charge in [-0.05, 0) is 36.4 Å². The molecule has 166 valence electrons. The van der Waals surface area contributed by atoms with Gasteiger partial charge < -0.3 is 5.11 Å². The predicted molar refractivity (Wildman–Crippen MR) is 127 cm³/mol. The van der Waals surface area contributed by atoms with E-state index in [1.807, 2.05) is 0 Å². The van der Waals surface area contributed by atoms with Crippen molar-refractivity contribution in [1.29, 1.82) is 0 Å². The van der Waals surface area contributed by atoms with Crippen LogP contribution in [0.25, 0.3) is 16.6 Å². The number of aliphatic hydroxyl groups excluding tert-OH is 1. The van der Waals surface area contributed by atoms with Crippen LogP contribution in [0.4, 0.5) is 10.8 Å². The van der Waals surface area contributed by atoms with E-state index in [4.69, 9.17) is 12.2 Å². The molecular formula is C20H14N6O4S3. The molecule has 33 heavy (non-hydrogen) atoms. The molecule has 2 heterocycles. The molecule has 4 aromatic rings. The van der Waals surface area contributed by atoms with Crippen molar-refractivity contribution in [2.45, 2.75) is 4.90 Å². The number of aldehydes is 1. The van der Waals surface area contributed by atoms with E-state index in [1.165, 1.54) is 46.5 Å². The second kappa shape index (κ2) is 9.36. The van der Waals surface area contributed by atoms with Crippen molar-refractivity contribution in [2.24, 2.45) is 10.3 Å². The summed E-state index contributed by atoms with van der Waals surface area (Å²) in [4.78, 5) is 19.6. The molecule has 2 N–H and O–H groups in total. The molecule has 0 atom stereocenters. The monoisotopic (exact) mass is 498 g/mol. The lowest BCUT2D eigenvalue weighted by atomic mass is 10.2. The third kappa shape index (κ3) is 4.69. The van der Waals surface area contributed by atoms with E-state index >= 15 is 0 Å². The van der Waals surface area contributed by atoms with E-state index in [9.17, 15) is 18.3 Å². The summed E-state index contributed by atoms with van der Waals surface area (Å²) in [6.07, 6.45) is 2.56. The number of hydrogen-bond acceptors (Lipinski definition) is 10. The number of nitrogens with one attached hydrogen (secondary N) is 1. The number of rotatable bonds is 7. The highest BCUT2D eigenvalue weighted by atomic mass is 32.2. The number of aromatic nitrogens is 3. The maximum absolute atomic E-state index is 12.5. The van der Waals surface area contributed by atoms with E-state index in [0.29, 0.717) is 29.3 Å². The van der Waals surface area contributed by atoms with Gasteiger partial charge >= 0.3 is 0 Å². The van der Waals surface area contributed by atoms with Crippen LogP contribution in [0.2, 0.25) is 0 Å². The topological polar surface area (TPSA) is 139 Å². The summed E-state index contributed by atoms with van der Waals surface area (Å²) < 4.78 is 28.7. The van der Waals surface area contributed by atoms with Crippen LogP contribution in [0.3, 0.4) is 0 Å².